The van der Waals surface area contributed by atoms with Crippen LogP contribution in [-0.2, 0) is 6.54 Å². The van der Waals surface area contributed by atoms with E-state index in [4.69, 9.17) is 5.73 Å². The molecule has 0 radical (unpaired) electrons. The van der Waals surface area contributed by atoms with Crippen LogP contribution < -0.4 is 5.73 Å². The monoisotopic (exact) mass is 258 g/mol. The van der Waals surface area contributed by atoms with Gasteiger partial charge in [0.1, 0.15) is 17.3 Å². The Labute approximate surface area is 112 Å². The zero-order chi connectivity index (χ0) is 13.4. The molecule has 1 aliphatic carbocycles. The fourth-order valence-corrected chi connectivity index (χ4v) is 2.14. The molecule has 2 aromatic heterocycles. The zero-order valence-electron chi connectivity index (χ0n) is 11.3. The molecular formula is C13H18N6. The molecule has 19 heavy (non-hydrogen) atoms. The van der Waals surface area contributed by atoms with Gasteiger partial charge in [-0.05, 0) is 26.2 Å². The predicted molar refractivity (Wildman–Crippen MR) is 72.5 cm³/mol. The van der Waals surface area contributed by atoms with Crippen LogP contribution in [0.15, 0.2) is 6.20 Å². The lowest BCUT2D eigenvalue weighted by Crippen LogP contribution is -2.08. The average molecular weight is 258 g/mol. The summed E-state index contributed by atoms with van der Waals surface area (Å²) in [6.45, 7) is 4.89. The third-order valence-electron chi connectivity index (χ3n) is 3.44. The minimum absolute atomic E-state index is 0.483. The van der Waals surface area contributed by atoms with Gasteiger partial charge in [-0.1, -0.05) is 12.1 Å². The summed E-state index contributed by atoms with van der Waals surface area (Å²) in [5.74, 6) is 1.91. The Bertz CT molecular complexity index is 599. The number of nitrogens with two attached hydrogens (primary N) is 1. The van der Waals surface area contributed by atoms with E-state index in [2.05, 4.69) is 27.2 Å². The first-order valence-corrected chi connectivity index (χ1v) is 6.73. The van der Waals surface area contributed by atoms with Gasteiger partial charge in [-0.15, -0.1) is 5.10 Å². The molecule has 0 saturated heterocycles. The van der Waals surface area contributed by atoms with Gasteiger partial charge >= 0.3 is 0 Å². The van der Waals surface area contributed by atoms with Gasteiger partial charge in [0.25, 0.3) is 0 Å². The Morgan fingerprint density at radius 1 is 1.37 bits per heavy atom. The fraction of sp³-hybridized carbons (Fsp3) is 0.538. The van der Waals surface area contributed by atoms with E-state index >= 15 is 0 Å². The van der Waals surface area contributed by atoms with Crippen molar-refractivity contribution in [3.05, 3.63) is 17.6 Å². The van der Waals surface area contributed by atoms with E-state index in [0.717, 1.165) is 48.6 Å². The quantitative estimate of drug-likeness (QED) is 0.905. The summed E-state index contributed by atoms with van der Waals surface area (Å²) in [6.07, 6.45) is 5.08. The highest BCUT2D eigenvalue weighted by molar-refractivity contribution is 5.63. The van der Waals surface area contributed by atoms with Gasteiger partial charge in [-0.2, -0.15) is 0 Å². The molecule has 2 aromatic rings. The van der Waals surface area contributed by atoms with Gasteiger partial charge < -0.3 is 5.73 Å². The Morgan fingerprint density at radius 2 is 2.16 bits per heavy atom. The predicted octanol–water partition coefficient (Wildman–Crippen LogP) is 1.91. The molecular weight excluding hydrogens is 240 g/mol. The van der Waals surface area contributed by atoms with Gasteiger partial charge in [0.2, 0.25) is 0 Å². The first kappa shape index (κ1) is 12.1. The Balaban J connectivity index is 2.09. The standard InChI is InChI=1S/C13H18N6/c1-3-6-19-10(7-15-18-19)11-8(2)12(14)17-13(16-11)9-4-5-9/h7,9H,3-6H2,1-2H3,(H2,14,16,17). The van der Waals surface area contributed by atoms with Crippen molar-refractivity contribution in [3.8, 4) is 11.4 Å². The van der Waals surface area contributed by atoms with Gasteiger partial charge in [-0.3, -0.25) is 0 Å². The van der Waals surface area contributed by atoms with Crippen molar-refractivity contribution in [1.29, 1.82) is 0 Å². The summed E-state index contributed by atoms with van der Waals surface area (Å²) < 4.78 is 1.88. The highest BCUT2D eigenvalue weighted by Gasteiger charge is 2.28. The van der Waals surface area contributed by atoms with Crippen LogP contribution in [0.3, 0.4) is 0 Å². The van der Waals surface area contributed by atoms with Crippen molar-refractivity contribution >= 4 is 5.82 Å². The Hall–Kier alpha value is -1.98. The van der Waals surface area contributed by atoms with E-state index in [1.165, 1.54) is 0 Å². The minimum atomic E-state index is 0.483. The summed E-state index contributed by atoms with van der Waals surface area (Å²) in [7, 11) is 0. The molecule has 0 spiro atoms. The van der Waals surface area contributed by atoms with E-state index in [0.29, 0.717) is 11.7 Å². The van der Waals surface area contributed by atoms with Crippen molar-refractivity contribution < 1.29 is 0 Å². The number of anilines is 1. The second-order valence-electron chi connectivity index (χ2n) is 5.06. The maximum atomic E-state index is 6.02. The van der Waals surface area contributed by atoms with E-state index < -0.39 is 0 Å². The van der Waals surface area contributed by atoms with Crippen LogP contribution in [0.2, 0.25) is 0 Å². The molecule has 0 atom stereocenters. The second kappa shape index (κ2) is 4.60. The highest BCUT2D eigenvalue weighted by Crippen LogP contribution is 2.39. The summed E-state index contributed by atoms with van der Waals surface area (Å²) >= 11 is 0. The minimum Gasteiger partial charge on any atom is -0.383 e. The van der Waals surface area contributed by atoms with Crippen molar-refractivity contribution in [2.24, 2.45) is 0 Å². The smallest absolute Gasteiger partial charge is 0.134 e. The van der Waals surface area contributed by atoms with Gasteiger partial charge in [0.15, 0.2) is 0 Å². The molecule has 6 heteroatoms. The molecule has 1 fully saturated rings. The van der Waals surface area contributed by atoms with Crippen molar-refractivity contribution in [1.82, 2.24) is 25.0 Å². The van der Waals surface area contributed by atoms with E-state index in [-0.39, 0.29) is 0 Å². The summed E-state index contributed by atoms with van der Waals surface area (Å²) in [5, 5.41) is 8.10. The Kier molecular flexibility index (Phi) is 2.93. The number of hydrogen-bond acceptors (Lipinski definition) is 5. The molecule has 1 saturated carbocycles. The number of nitrogens with zero attached hydrogens (tertiary/aromatic N) is 5. The summed E-state index contributed by atoms with van der Waals surface area (Å²) in [6, 6.07) is 0. The average Bonchev–Trinajstić information content (AvgIpc) is 3.14. The van der Waals surface area contributed by atoms with Gasteiger partial charge in [-0.25, -0.2) is 14.6 Å². The largest absolute Gasteiger partial charge is 0.383 e. The number of aryl methyl sites for hydroxylation is 1. The number of hydrogen-bond donors (Lipinski definition) is 1. The van der Waals surface area contributed by atoms with Crippen LogP contribution in [0.25, 0.3) is 11.4 Å². The molecule has 6 nitrogen and oxygen atoms in total. The van der Waals surface area contributed by atoms with E-state index in [9.17, 15) is 0 Å². The van der Waals surface area contributed by atoms with Crippen LogP contribution in [0.4, 0.5) is 5.82 Å². The van der Waals surface area contributed by atoms with Crippen LogP contribution in [0, 0.1) is 6.92 Å². The third kappa shape index (κ3) is 2.18. The maximum Gasteiger partial charge on any atom is 0.134 e. The van der Waals surface area contributed by atoms with Crippen molar-refractivity contribution in [3.63, 3.8) is 0 Å². The lowest BCUT2D eigenvalue weighted by Gasteiger charge is -2.10. The molecule has 0 bridgehead atoms. The summed E-state index contributed by atoms with van der Waals surface area (Å²) in [4.78, 5) is 9.09. The first-order valence-electron chi connectivity index (χ1n) is 6.73. The van der Waals surface area contributed by atoms with Crippen LogP contribution >= 0.6 is 0 Å². The normalized spacial score (nSPS) is 14.8. The number of rotatable bonds is 4. The zero-order valence-corrected chi connectivity index (χ0v) is 11.3. The topological polar surface area (TPSA) is 82.5 Å². The molecule has 100 valence electrons. The second-order valence-corrected chi connectivity index (χ2v) is 5.06. The number of aromatic nitrogens is 5. The van der Waals surface area contributed by atoms with Gasteiger partial charge in [0.05, 0.1) is 11.9 Å². The molecule has 0 aromatic carbocycles. The lowest BCUT2D eigenvalue weighted by molar-refractivity contribution is 0.583. The first-order chi connectivity index (χ1) is 9.20. The SMILES string of the molecule is CCCn1nncc1-c1nc(C2CC2)nc(N)c1C. The van der Waals surface area contributed by atoms with Crippen LogP contribution in [0.5, 0.6) is 0 Å². The Morgan fingerprint density at radius 3 is 2.84 bits per heavy atom. The molecule has 1 aliphatic rings. The molecule has 0 aliphatic heterocycles. The molecule has 2 heterocycles. The van der Waals surface area contributed by atoms with Crippen molar-refractivity contribution in [2.75, 3.05) is 5.73 Å². The third-order valence-corrected chi connectivity index (χ3v) is 3.44. The van der Waals surface area contributed by atoms with Crippen LogP contribution in [-0.4, -0.2) is 25.0 Å². The number of nitrogen functional groups attached to an aromatic ring is 1. The van der Waals surface area contributed by atoms with Gasteiger partial charge in [0, 0.05) is 18.0 Å². The van der Waals surface area contributed by atoms with E-state index in [1.807, 2.05) is 11.6 Å². The fourth-order valence-electron chi connectivity index (χ4n) is 2.14. The van der Waals surface area contributed by atoms with E-state index in [1.54, 1.807) is 6.20 Å². The molecule has 3 rings (SSSR count). The lowest BCUT2D eigenvalue weighted by atomic mass is 10.1. The molecule has 2 N–H and O–H groups in total. The van der Waals surface area contributed by atoms with Crippen LogP contribution in [0.1, 0.15) is 43.5 Å². The highest BCUT2D eigenvalue weighted by atomic mass is 15.4. The molecule has 0 unspecified atom stereocenters. The summed E-state index contributed by atoms with van der Waals surface area (Å²) in [5.41, 5.74) is 8.72. The molecule has 0 amide bonds. The van der Waals surface area contributed by atoms with Crippen molar-refractivity contribution in [2.45, 2.75) is 45.6 Å². The maximum absolute atomic E-state index is 6.02.